The van der Waals surface area contributed by atoms with Gasteiger partial charge in [0.05, 0.1) is 19.0 Å². The van der Waals surface area contributed by atoms with Crippen LogP contribution in [0, 0.1) is 5.82 Å². The molecule has 88 valence electrons. The maximum Gasteiger partial charge on any atom is 0.123 e. The van der Waals surface area contributed by atoms with Gasteiger partial charge in [-0.05, 0) is 30.3 Å². The first kappa shape index (κ1) is 11.3. The van der Waals surface area contributed by atoms with Gasteiger partial charge in [-0.3, -0.25) is 15.3 Å². The zero-order chi connectivity index (χ0) is 12.1. The zero-order valence-corrected chi connectivity index (χ0v) is 9.27. The van der Waals surface area contributed by atoms with E-state index in [1.807, 2.05) is 0 Å². The van der Waals surface area contributed by atoms with Crippen LogP contribution in [0.5, 0.6) is 0 Å². The Morgan fingerprint density at radius 1 is 1.12 bits per heavy atom. The van der Waals surface area contributed by atoms with Gasteiger partial charge in [-0.2, -0.15) is 0 Å². The van der Waals surface area contributed by atoms with Gasteiger partial charge in [0.1, 0.15) is 11.5 Å². The Hall–Kier alpha value is -2.14. The number of hydrogen-bond donors (Lipinski definition) is 2. The number of nitrogens with zero attached hydrogens (tertiary/aromatic N) is 1. The van der Waals surface area contributed by atoms with Crippen molar-refractivity contribution in [3.63, 3.8) is 0 Å². The van der Waals surface area contributed by atoms with Gasteiger partial charge < -0.3 is 5.32 Å². The fourth-order valence-corrected chi connectivity index (χ4v) is 1.38. The van der Waals surface area contributed by atoms with Crippen LogP contribution in [-0.2, 0) is 4.84 Å². The molecule has 0 amide bonds. The standard InChI is InChI=1S/C12H12FN3O/c1-17-16-12-8-14-7-6-11(12)15-10-4-2-9(13)3-5-10/h2-8,16H,1H3,(H,14,15). The summed E-state index contributed by atoms with van der Waals surface area (Å²) in [6.45, 7) is 0. The molecule has 0 aliphatic rings. The Morgan fingerprint density at radius 3 is 2.59 bits per heavy atom. The highest BCUT2D eigenvalue weighted by atomic mass is 19.1. The van der Waals surface area contributed by atoms with E-state index in [1.165, 1.54) is 19.2 Å². The molecule has 0 aliphatic carbocycles. The fourth-order valence-electron chi connectivity index (χ4n) is 1.38. The van der Waals surface area contributed by atoms with Crippen molar-refractivity contribution in [2.75, 3.05) is 17.9 Å². The molecule has 0 atom stereocenters. The van der Waals surface area contributed by atoms with Gasteiger partial charge in [0, 0.05) is 11.9 Å². The fraction of sp³-hybridized carbons (Fsp3) is 0.0833. The van der Waals surface area contributed by atoms with Gasteiger partial charge in [0.25, 0.3) is 0 Å². The second kappa shape index (κ2) is 5.27. The molecule has 0 saturated heterocycles. The first-order chi connectivity index (χ1) is 8.29. The van der Waals surface area contributed by atoms with Crippen LogP contribution in [-0.4, -0.2) is 12.1 Å². The summed E-state index contributed by atoms with van der Waals surface area (Å²) in [5, 5.41) is 3.14. The van der Waals surface area contributed by atoms with Gasteiger partial charge in [-0.25, -0.2) is 4.39 Å². The third kappa shape index (κ3) is 2.92. The van der Waals surface area contributed by atoms with Crippen LogP contribution in [0.3, 0.4) is 0 Å². The van der Waals surface area contributed by atoms with Crippen molar-refractivity contribution in [2.24, 2.45) is 0 Å². The Bertz CT molecular complexity index is 487. The quantitative estimate of drug-likeness (QED) is 0.797. The minimum atomic E-state index is -0.263. The monoisotopic (exact) mass is 233 g/mol. The summed E-state index contributed by atoms with van der Waals surface area (Å²) in [5.74, 6) is -0.263. The van der Waals surface area contributed by atoms with E-state index in [0.717, 1.165) is 11.4 Å². The number of rotatable bonds is 4. The Kier molecular flexibility index (Phi) is 3.52. The van der Waals surface area contributed by atoms with Crippen LogP contribution >= 0.6 is 0 Å². The lowest BCUT2D eigenvalue weighted by molar-refractivity contribution is 0.271. The van der Waals surface area contributed by atoms with Crippen LogP contribution in [0.25, 0.3) is 0 Å². The van der Waals surface area contributed by atoms with E-state index in [2.05, 4.69) is 15.8 Å². The lowest BCUT2D eigenvalue weighted by atomic mass is 10.3. The summed E-state index contributed by atoms with van der Waals surface area (Å²) in [6.07, 6.45) is 3.29. The first-order valence-corrected chi connectivity index (χ1v) is 5.05. The molecule has 0 aliphatic heterocycles. The topological polar surface area (TPSA) is 46.2 Å². The smallest absolute Gasteiger partial charge is 0.123 e. The van der Waals surface area contributed by atoms with Crippen LogP contribution in [0.1, 0.15) is 0 Å². The molecule has 2 rings (SSSR count). The van der Waals surface area contributed by atoms with Gasteiger partial charge in [0.2, 0.25) is 0 Å². The van der Waals surface area contributed by atoms with Crippen molar-refractivity contribution < 1.29 is 9.23 Å². The summed E-state index contributed by atoms with van der Waals surface area (Å²) < 4.78 is 12.8. The van der Waals surface area contributed by atoms with Crippen molar-refractivity contribution in [1.29, 1.82) is 0 Å². The number of nitrogens with one attached hydrogen (secondary N) is 2. The molecule has 0 unspecified atom stereocenters. The summed E-state index contributed by atoms with van der Waals surface area (Å²) in [5.41, 5.74) is 5.00. The molecule has 0 fully saturated rings. The third-order valence-electron chi connectivity index (χ3n) is 2.16. The Balaban J connectivity index is 2.20. The van der Waals surface area contributed by atoms with Crippen molar-refractivity contribution in [1.82, 2.24) is 4.98 Å². The average molecular weight is 233 g/mol. The molecule has 1 aromatic carbocycles. The number of aromatic nitrogens is 1. The summed E-state index contributed by atoms with van der Waals surface area (Å²) >= 11 is 0. The van der Waals surface area contributed by atoms with Crippen molar-refractivity contribution in [2.45, 2.75) is 0 Å². The van der Waals surface area contributed by atoms with E-state index < -0.39 is 0 Å². The highest BCUT2D eigenvalue weighted by molar-refractivity contribution is 5.72. The lowest BCUT2D eigenvalue weighted by Gasteiger charge is -2.11. The van der Waals surface area contributed by atoms with Crippen molar-refractivity contribution in [3.8, 4) is 0 Å². The number of anilines is 3. The second-order valence-electron chi connectivity index (χ2n) is 3.36. The molecule has 0 radical (unpaired) electrons. The molecule has 2 N–H and O–H groups in total. The van der Waals surface area contributed by atoms with E-state index in [9.17, 15) is 4.39 Å². The minimum Gasteiger partial charge on any atom is -0.354 e. The average Bonchev–Trinajstić information content (AvgIpc) is 2.35. The molecule has 1 aromatic heterocycles. The molecule has 1 heterocycles. The molecule has 4 nitrogen and oxygen atoms in total. The predicted molar refractivity (Wildman–Crippen MR) is 64.6 cm³/mol. The molecule has 5 heteroatoms. The molecule has 17 heavy (non-hydrogen) atoms. The largest absolute Gasteiger partial charge is 0.354 e. The van der Waals surface area contributed by atoms with Gasteiger partial charge in [-0.15, -0.1) is 0 Å². The Labute approximate surface area is 98.4 Å². The van der Waals surface area contributed by atoms with E-state index >= 15 is 0 Å². The normalized spacial score (nSPS) is 10.0. The minimum absolute atomic E-state index is 0.263. The highest BCUT2D eigenvalue weighted by Crippen LogP contribution is 2.24. The number of benzene rings is 1. The van der Waals surface area contributed by atoms with Crippen molar-refractivity contribution >= 4 is 17.1 Å². The first-order valence-electron chi connectivity index (χ1n) is 5.05. The molecular formula is C12H12FN3O. The lowest BCUT2D eigenvalue weighted by Crippen LogP contribution is -2.01. The van der Waals surface area contributed by atoms with E-state index in [-0.39, 0.29) is 5.82 Å². The van der Waals surface area contributed by atoms with E-state index in [0.29, 0.717) is 5.69 Å². The predicted octanol–water partition coefficient (Wildman–Crippen LogP) is 2.94. The van der Waals surface area contributed by atoms with Crippen LogP contribution in [0.2, 0.25) is 0 Å². The maximum absolute atomic E-state index is 12.8. The summed E-state index contributed by atoms with van der Waals surface area (Å²) in [4.78, 5) is 8.81. The van der Waals surface area contributed by atoms with Gasteiger partial charge in [0.15, 0.2) is 0 Å². The molecular weight excluding hydrogens is 221 g/mol. The van der Waals surface area contributed by atoms with E-state index in [4.69, 9.17) is 4.84 Å². The third-order valence-corrected chi connectivity index (χ3v) is 2.16. The SMILES string of the molecule is CONc1cnccc1Nc1ccc(F)cc1. The second-order valence-corrected chi connectivity index (χ2v) is 3.36. The van der Waals surface area contributed by atoms with Gasteiger partial charge >= 0.3 is 0 Å². The number of pyridine rings is 1. The van der Waals surface area contributed by atoms with Crippen molar-refractivity contribution in [3.05, 3.63) is 48.5 Å². The Morgan fingerprint density at radius 2 is 1.88 bits per heavy atom. The number of halogens is 1. The maximum atomic E-state index is 12.8. The zero-order valence-electron chi connectivity index (χ0n) is 9.27. The number of hydrogen-bond acceptors (Lipinski definition) is 4. The molecule has 2 aromatic rings. The summed E-state index contributed by atoms with van der Waals surface area (Å²) in [6, 6.07) is 7.91. The summed E-state index contributed by atoms with van der Waals surface area (Å²) in [7, 11) is 1.52. The molecule has 0 bridgehead atoms. The van der Waals surface area contributed by atoms with Crippen LogP contribution in [0.15, 0.2) is 42.7 Å². The van der Waals surface area contributed by atoms with Crippen LogP contribution in [0.4, 0.5) is 21.5 Å². The van der Waals surface area contributed by atoms with Gasteiger partial charge in [-0.1, -0.05) is 0 Å². The van der Waals surface area contributed by atoms with E-state index in [1.54, 1.807) is 30.6 Å². The highest BCUT2D eigenvalue weighted by Gasteiger charge is 2.02. The van der Waals surface area contributed by atoms with Crippen LogP contribution < -0.4 is 10.8 Å². The molecule has 0 saturated carbocycles. The molecule has 0 spiro atoms.